The Labute approximate surface area is 157 Å². The molecule has 0 bridgehead atoms. The van der Waals surface area contributed by atoms with Crippen LogP contribution in [0.1, 0.15) is 18.2 Å². The van der Waals surface area contributed by atoms with E-state index in [1.165, 1.54) is 35.2 Å². The van der Waals surface area contributed by atoms with Gasteiger partial charge in [0.1, 0.15) is 11.6 Å². The number of nitrogens with zero attached hydrogens (tertiary/aromatic N) is 3. The standard InChI is InChI=1S/C16H16FN5O2S2/c1-9-7-13(22-24-9)19-14(23)10(2)25-16-21-20-15(26-16)18-8-11-3-5-12(17)6-4-11/h3-7,10H,8H2,1-2H3,(H,18,20)(H,19,22,23). The molecule has 0 spiro atoms. The Balaban J connectivity index is 1.50. The summed E-state index contributed by atoms with van der Waals surface area (Å²) < 4.78 is 18.5. The van der Waals surface area contributed by atoms with Crippen LogP contribution in [0.15, 0.2) is 39.2 Å². The molecule has 0 saturated heterocycles. The molecule has 1 atom stereocenters. The fraction of sp³-hybridized carbons (Fsp3) is 0.250. The molecule has 136 valence electrons. The zero-order chi connectivity index (χ0) is 18.5. The van der Waals surface area contributed by atoms with Gasteiger partial charge in [0.15, 0.2) is 10.2 Å². The van der Waals surface area contributed by atoms with Crippen LogP contribution >= 0.6 is 23.1 Å². The first kappa shape index (κ1) is 18.3. The summed E-state index contributed by atoms with van der Waals surface area (Å²) in [7, 11) is 0. The molecule has 3 rings (SSSR count). The quantitative estimate of drug-likeness (QED) is 0.591. The third kappa shape index (κ3) is 5.02. The van der Waals surface area contributed by atoms with E-state index in [-0.39, 0.29) is 17.0 Å². The maximum Gasteiger partial charge on any atom is 0.238 e. The second kappa shape index (κ2) is 8.28. The third-order valence-corrected chi connectivity index (χ3v) is 5.35. The van der Waals surface area contributed by atoms with Gasteiger partial charge in [0.25, 0.3) is 0 Å². The molecule has 0 aliphatic heterocycles. The van der Waals surface area contributed by atoms with Gasteiger partial charge in [0.05, 0.1) is 5.25 Å². The zero-order valence-electron chi connectivity index (χ0n) is 14.0. The van der Waals surface area contributed by atoms with Gasteiger partial charge in [-0.25, -0.2) is 4.39 Å². The van der Waals surface area contributed by atoms with Gasteiger partial charge in [-0.1, -0.05) is 40.4 Å². The average Bonchev–Trinajstić information content (AvgIpc) is 3.23. The third-order valence-electron chi connectivity index (χ3n) is 3.29. The Morgan fingerprint density at radius 1 is 1.35 bits per heavy atom. The number of hydrogen-bond acceptors (Lipinski definition) is 8. The molecule has 1 unspecified atom stereocenters. The summed E-state index contributed by atoms with van der Waals surface area (Å²) in [5, 5.41) is 17.9. The van der Waals surface area contributed by atoms with Crippen molar-refractivity contribution < 1.29 is 13.7 Å². The predicted octanol–water partition coefficient (Wildman–Crippen LogP) is 3.71. The lowest BCUT2D eigenvalue weighted by molar-refractivity contribution is -0.115. The minimum Gasteiger partial charge on any atom is -0.360 e. The van der Waals surface area contributed by atoms with Gasteiger partial charge in [0, 0.05) is 12.6 Å². The number of thioether (sulfide) groups is 1. The highest BCUT2D eigenvalue weighted by Gasteiger charge is 2.18. The first-order valence-electron chi connectivity index (χ1n) is 7.72. The van der Waals surface area contributed by atoms with E-state index < -0.39 is 0 Å². The van der Waals surface area contributed by atoms with E-state index in [1.54, 1.807) is 32.0 Å². The number of amides is 1. The van der Waals surface area contributed by atoms with Gasteiger partial charge in [-0.05, 0) is 31.5 Å². The summed E-state index contributed by atoms with van der Waals surface area (Å²) >= 11 is 2.66. The Kier molecular flexibility index (Phi) is 5.84. The molecular weight excluding hydrogens is 377 g/mol. The van der Waals surface area contributed by atoms with Crippen LogP contribution in [-0.4, -0.2) is 26.5 Å². The molecule has 0 fully saturated rings. The van der Waals surface area contributed by atoms with Gasteiger partial charge in [-0.15, -0.1) is 10.2 Å². The number of carbonyl (C=O) groups excluding carboxylic acids is 1. The molecule has 1 aromatic carbocycles. The Bertz CT molecular complexity index is 881. The van der Waals surface area contributed by atoms with Gasteiger partial charge in [-0.2, -0.15) is 0 Å². The topological polar surface area (TPSA) is 92.9 Å². The van der Waals surface area contributed by atoms with Gasteiger partial charge < -0.3 is 15.2 Å². The van der Waals surface area contributed by atoms with Crippen LogP contribution in [0.2, 0.25) is 0 Å². The second-order valence-electron chi connectivity index (χ2n) is 5.43. The van der Waals surface area contributed by atoms with Crippen molar-refractivity contribution in [3.05, 3.63) is 47.5 Å². The fourth-order valence-corrected chi connectivity index (χ4v) is 3.86. The van der Waals surface area contributed by atoms with Crippen molar-refractivity contribution in [3.8, 4) is 0 Å². The summed E-state index contributed by atoms with van der Waals surface area (Å²) in [4.78, 5) is 12.2. The smallest absolute Gasteiger partial charge is 0.238 e. The van der Waals surface area contributed by atoms with E-state index in [4.69, 9.17) is 4.52 Å². The minimum atomic E-state index is -0.370. The Hall–Kier alpha value is -2.46. The van der Waals surface area contributed by atoms with Crippen LogP contribution in [0.4, 0.5) is 15.3 Å². The fourth-order valence-electron chi connectivity index (χ4n) is 1.97. The molecule has 0 radical (unpaired) electrons. The second-order valence-corrected chi connectivity index (χ2v) is 7.99. The predicted molar refractivity (Wildman–Crippen MR) is 98.8 cm³/mol. The number of aryl methyl sites for hydroxylation is 1. The van der Waals surface area contributed by atoms with E-state index in [9.17, 15) is 9.18 Å². The Morgan fingerprint density at radius 3 is 2.81 bits per heavy atom. The minimum absolute atomic E-state index is 0.195. The normalized spacial score (nSPS) is 12.0. The highest BCUT2D eigenvalue weighted by Crippen LogP contribution is 2.29. The van der Waals surface area contributed by atoms with Crippen LogP contribution in [0, 0.1) is 12.7 Å². The maximum atomic E-state index is 12.9. The lowest BCUT2D eigenvalue weighted by atomic mass is 10.2. The van der Waals surface area contributed by atoms with E-state index in [1.807, 2.05) is 0 Å². The molecule has 0 aliphatic rings. The van der Waals surface area contributed by atoms with Gasteiger partial charge in [-0.3, -0.25) is 4.79 Å². The Morgan fingerprint density at radius 2 is 2.12 bits per heavy atom. The molecule has 2 heterocycles. The zero-order valence-corrected chi connectivity index (χ0v) is 15.7. The molecule has 0 aliphatic carbocycles. The van der Waals surface area contributed by atoms with E-state index in [0.29, 0.717) is 27.6 Å². The van der Waals surface area contributed by atoms with Crippen molar-refractivity contribution in [2.75, 3.05) is 10.6 Å². The number of nitrogens with one attached hydrogen (secondary N) is 2. The summed E-state index contributed by atoms with van der Waals surface area (Å²) in [6.07, 6.45) is 0. The van der Waals surface area contributed by atoms with E-state index >= 15 is 0 Å². The first-order chi connectivity index (χ1) is 12.5. The van der Waals surface area contributed by atoms with E-state index in [2.05, 4.69) is 26.0 Å². The van der Waals surface area contributed by atoms with Crippen molar-refractivity contribution in [2.45, 2.75) is 30.0 Å². The maximum absolute atomic E-state index is 12.9. The van der Waals surface area contributed by atoms with Crippen molar-refractivity contribution in [3.63, 3.8) is 0 Å². The number of anilines is 2. The van der Waals surface area contributed by atoms with Crippen LogP contribution in [-0.2, 0) is 11.3 Å². The molecule has 1 amide bonds. The number of aromatic nitrogens is 3. The van der Waals surface area contributed by atoms with Crippen LogP contribution in [0.5, 0.6) is 0 Å². The summed E-state index contributed by atoms with van der Waals surface area (Å²) in [6, 6.07) is 7.88. The van der Waals surface area contributed by atoms with Crippen molar-refractivity contribution in [1.82, 2.24) is 15.4 Å². The SMILES string of the molecule is Cc1cc(NC(=O)C(C)Sc2nnc(NCc3ccc(F)cc3)s2)no1. The number of carbonyl (C=O) groups is 1. The number of halogens is 1. The summed E-state index contributed by atoms with van der Waals surface area (Å²) in [6.45, 7) is 4.05. The average molecular weight is 393 g/mol. The first-order valence-corrected chi connectivity index (χ1v) is 9.42. The monoisotopic (exact) mass is 393 g/mol. The summed E-state index contributed by atoms with van der Waals surface area (Å²) in [5.74, 6) is 0.552. The van der Waals surface area contributed by atoms with Crippen LogP contribution < -0.4 is 10.6 Å². The number of benzene rings is 1. The molecule has 10 heteroatoms. The van der Waals surface area contributed by atoms with E-state index in [0.717, 1.165) is 5.56 Å². The molecule has 0 saturated carbocycles. The summed E-state index contributed by atoms with van der Waals surface area (Å²) in [5.41, 5.74) is 0.937. The highest BCUT2D eigenvalue weighted by molar-refractivity contribution is 8.02. The molecular formula is C16H16FN5O2S2. The van der Waals surface area contributed by atoms with Crippen LogP contribution in [0.25, 0.3) is 0 Å². The van der Waals surface area contributed by atoms with Crippen molar-refractivity contribution in [2.24, 2.45) is 0 Å². The largest absolute Gasteiger partial charge is 0.360 e. The molecule has 2 N–H and O–H groups in total. The molecule has 3 aromatic rings. The number of hydrogen-bond donors (Lipinski definition) is 2. The molecule has 26 heavy (non-hydrogen) atoms. The number of rotatable bonds is 7. The van der Waals surface area contributed by atoms with Crippen molar-refractivity contribution >= 4 is 40.0 Å². The molecule has 7 nitrogen and oxygen atoms in total. The van der Waals surface area contributed by atoms with Crippen LogP contribution in [0.3, 0.4) is 0 Å². The van der Waals surface area contributed by atoms with Gasteiger partial charge >= 0.3 is 0 Å². The molecule has 2 aromatic heterocycles. The lowest BCUT2D eigenvalue weighted by Crippen LogP contribution is -2.22. The highest BCUT2D eigenvalue weighted by atomic mass is 32.2. The lowest BCUT2D eigenvalue weighted by Gasteiger charge is -2.07. The van der Waals surface area contributed by atoms with Crippen molar-refractivity contribution in [1.29, 1.82) is 0 Å². The van der Waals surface area contributed by atoms with Gasteiger partial charge in [0.2, 0.25) is 11.0 Å².